The maximum Gasteiger partial charge on any atom is 0.298 e. The summed E-state index contributed by atoms with van der Waals surface area (Å²) in [4.78, 5) is 49.5. The van der Waals surface area contributed by atoms with Crippen LogP contribution in [0, 0.1) is 13.8 Å². The number of imidazole rings is 2. The van der Waals surface area contributed by atoms with Crippen LogP contribution < -0.4 is 21.7 Å². The number of hydrogen-bond acceptors (Lipinski definition) is 7. The molecule has 6 rings (SSSR count). The lowest BCUT2D eigenvalue weighted by atomic mass is 10.1. The quantitative estimate of drug-likeness (QED) is 0.175. The van der Waals surface area contributed by atoms with Crippen molar-refractivity contribution in [3.63, 3.8) is 0 Å². The number of fused-ring (bicyclic) bond motifs is 2. The fourth-order valence-corrected chi connectivity index (χ4v) is 6.92. The number of allylic oxidation sites excluding steroid dienone is 2. The summed E-state index contributed by atoms with van der Waals surface area (Å²) < 4.78 is 17.0. The third kappa shape index (κ3) is 8.03. The van der Waals surface area contributed by atoms with Gasteiger partial charge in [0.1, 0.15) is 29.3 Å². The van der Waals surface area contributed by atoms with Gasteiger partial charge >= 0.3 is 0 Å². The van der Waals surface area contributed by atoms with Crippen molar-refractivity contribution in [2.75, 3.05) is 6.61 Å². The second kappa shape index (κ2) is 15.7. The molecule has 0 spiro atoms. The van der Waals surface area contributed by atoms with Gasteiger partial charge in [-0.15, -0.1) is 0 Å². The number of hydrogen-bond donors (Lipinski definition) is 2. The van der Waals surface area contributed by atoms with Gasteiger partial charge in [0.15, 0.2) is 0 Å². The van der Waals surface area contributed by atoms with Gasteiger partial charge in [-0.25, -0.2) is 0 Å². The molecular weight excluding hydrogens is 727 g/mol. The van der Waals surface area contributed by atoms with Crippen LogP contribution in [0.2, 0.25) is 0 Å². The van der Waals surface area contributed by atoms with Crippen LogP contribution >= 0.6 is 0 Å². The summed E-state index contributed by atoms with van der Waals surface area (Å²) in [7, 11) is 3.64. The van der Waals surface area contributed by atoms with Gasteiger partial charge in [-0.1, -0.05) is 23.3 Å². The summed E-state index contributed by atoms with van der Waals surface area (Å²) >= 11 is 0. The highest BCUT2D eigenvalue weighted by molar-refractivity contribution is 5.99. The Balaban J connectivity index is 1.54. The average molecular weight is 778 g/mol. The topological polar surface area (TPSA) is 187 Å². The zero-order chi connectivity index (χ0) is 41.5. The van der Waals surface area contributed by atoms with Gasteiger partial charge in [-0.3, -0.25) is 23.7 Å². The first kappa shape index (κ1) is 40.4. The van der Waals surface area contributed by atoms with E-state index < -0.39 is 23.3 Å². The molecule has 6 aromatic rings. The number of carbonyl (C=O) groups is 3. The number of ether oxygens (including phenoxy) is 1. The summed E-state index contributed by atoms with van der Waals surface area (Å²) in [6, 6.07) is 14.5. The van der Waals surface area contributed by atoms with Gasteiger partial charge in [0.2, 0.25) is 17.1 Å². The molecule has 3 N–H and O–H groups in total. The Labute approximate surface area is 329 Å². The van der Waals surface area contributed by atoms with Crippen molar-refractivity contribution in [1.29, 1.82) is 0 Å². The standard InChI is InChI=1S/C41H51N11O5/c1-11-51-32(17-26(5)45-51)37(54)43-39-47(9)29-15-13-14-16-30(29)49(39)21-24(3)25(4)22-50-35-31(19-28(36(42)53)20-34(35)57-23-41(7,8)56)48(10)40(50)44-38(55)33-18-27(6)46-52(33)12-2/h13-20,56H,11-12,21-23H2,1-10H3,(H2,42,53)/b25-24+,43-39?,44-40?. The fourth-order valence-electron chi connectivity index (χ4n) is 6.92. The Morgan fingerprint density at radius 2 is 1.26 bits per heavy atom. The monoisotopic (exact) mass is 777 g/mol. The number of benzene rings is 2. The van der Waals surface area contributed by atoms with E-state index in [0.29, 0.717) is 59.0 Å². The van der Waals surface area contributed by atoms with Crippen molar-refractivity contribution in [1.82, 2.24) is 37.8 Å². The molecular formula is C41H51N11O5. The van der Waals surface area contributed by atoms with Crippen LogP contribution in [-0.2, 0) is 40.3 Å². The zero-order valence-electron chi connectivity index (χ0n) is 34.3. The average Bonchev–Trinajstić information content (AvgIpc) is 3.89. The third-order valence-electron chi connectivity index (χ3n) is 9.93. The molecule has 0 aliphatic carbocycles. The Morgan fingerprint density at radius 1 is 0.772 bits per heavy atom. The van der Waals surface area contributed by atoms with Gasteiger partial charge in [-0.2, -0.15) is 20.2 Å². The summed E-state index contributed by atoms with van der Waals surface area (Å²) in [5, 5.41) is 19.5. The second-order valence-electron chi connectivity index (χ2n) is 15.1. The Bertz CT molecular complexity index is 2740. The highest BCUT2D eigenvalue weighted by Gasteiger charge is 2.23. The number of aromatic nitrogens is 8. The number of nitrogens with two attached hydrogens (primary N) is 1. The lowest BCUT2D eigenvalue weighted by molar-refractivity contribution is 0.0289. The molecule has 0 saturated carbocycles. The summed E-state index contributed by atoms with van der Waals surface area (Å²) in [6.07, 6.45) is 0. The smallest absolute Gasteiger partial charge is 0.298 e. The summed E-state index contributed by atoms with van der Waals surface area (Å²) in [6.45, 7) is 16.3. The number of carbonyl (C=O) groups excluding carboxylic acids is 3. The van der Waals surface area contributed by atoms with Gasteiger partial charge in [0, 0.05) is 45.8 Å². The van der Waals surface area contributed by atoms with Crippen LogP contribution in [0.15, 0.2) is 69.7 Å². The van der Waals surface area contributed by atoms with E-state index in [4.69, 9.17) is 10.5 Å². The van der Waals surface area contributed by atoms with Crippen molar-refractivity contribution in [2.24, 2.45) is 29.8 Å². The van der Waals surface area contributed by atoms with Crippen LogP contribution in [-0.4, -0.2) is 72.9 Å². The van der Waals surface area contributed by atoms with Crippen molar-refractivity contribution >= 4 is 39.8 Å². The SMILES string of the molecule is CCn1nc(C)cc1C(=O)N=c1n(C)c2ccccc2n1C/C(C)=C(\C)Cn1c(=NC(=O)c2cc(C)nn2CC)n(C)c2cc(C(N)=O)cc(OCC(C)(C)O)c21. The van der Waals surface area contributed by atoms with Crippen molar-refractivity contribution in [3.05, 3.63) is 99.3 Å². The number of primary amides is 1. The minimum absolute atomic E-state index is 0.0885. The predicted octanol–water partition coefficient (Wildman–Crippen LogP) is 4.09. The number of para-hydroxylation sites is 2. The molecule has 2 aromatic carbocycles. The van der Waals surface area contributed by atoms with Gasteiger partial charge in [0.05, 0.1) is 33.5 Å². The maximum atomic E-state index is 13.9. The van der Waals surface area contributed by atoms with E-state index in [-0.39, 0.29) is 24.5 Å². The van der Waals surface area contributed by atoms with Gasteiger partial charge in [-0.05, 0) is 91.8 Å². The summed E-state index contributed by atoms with van der Waals surface area (Å²) in [5.74, 6) is -1.27. The van der Waals surface area contributed by atoms with Crippen molar-refractivity contribution in [3.8, 4) is 5.75 Å². The highest BCUT2D eigenvalue weighted by atomic mass is 16.5. The molecule has 0 fully saturated rings. The lowest BCUT2D eigenvalue weighted by Gasteiger charge is -2.19. The number of aryl methyl sites for hydroxylation is 6. The molecule has 16 heteroatoms. The Morgan fingerprint density at radius 3 is 1.77 bits per heavy atom. The minimum Gasteiger partial charge on any atom is -0.488 e. The zero-order valence-corrected chi connectivity index (χ0v) is 34.3. The van der Waals surface area contributed by atoms with E-state index in [1.165, 1.54) is 0 Å². The molecule has 4 aromatic heterocycles. The molecule has 0 unspecified atom stereocenters. The molecule has 3 amide bonds. The Kier molecular flexibility index (Phi) is 11.1. The minimum atomic E-state index is -1.20. The van der Waals surface area contributed by atoms with Crippen LogP contribution in [0.1, 0.15) is 84.3 Å². The molecule has 4 heterocycles. The van der Waals surface area contributed by atoms with Crippen molar-refractivity contribution in [2.45, 2.75) is 87.2 Å². The fraction of sp³-hybridized carbons (Fsp3) is 0.390. The normalized spacial score (nSPS) is 13.2. The predicted molar refractivity (Wildman–Crippen MR) is 216 cm³/mol. The van der Waals surface area contributed by atoms with E-state index in [2.05, 4.69) is 20.2 Å². The van der Waals surface area contributed by atoms with E-state index in [1.54, 1.807) is 59.1 Å². The first-order valence-electron chi connectivity index (χ1n) is 18.9. The van der Waals surface area contributed by atoms with E-state index in [9.17, 15) is 19.5 Å². The number of nitrogens with zero attached hydrogens (tertiary/aromatic N) is 10. The molecule has 57 heavy (non-hydrogen) atoms. The van der Waals surface area contributed by atoms with Gasteiger partial charge in [0.25, 0.3) is 11.8 Å². The number of amides is 3. The van der Waals surface area contributed by atoms with E-state index in [0.717, 1.165) is 27.9 Å². The van der Waals surface area contributed by atoms with Crippen molar-refractivity contribution < 1.29 is 24.2 Å². The maximum absolute atomic E-state index is 13.9. The first-order valence-corrected chi connectivity index (χ1v) is 18.9. The molecule has 300 valence electrons. The largest absolute Gasteiger partial charge is 0.488 e. The van der Waals surface area contributed by atoms with Crippen LogP contribution in [0.3, 0.4) is 0 Å². The first-order chi connectivity index (χ1) is 26.9. The van der Waals surface area contributed by atoms with Crippen LogP contribution in [0.25, 0.3) is 22.1 Å². The lowest BCUT2D eigenvalue weighted by Crippen LogP contribution is -2.29. The van der Waals surface area contributed by atoms with Crippen LogP contribution in [0.5, 0.6) is 5.75 Å². The molecule has 0 aliphatic heterocycles. The molecule has 0 aliphatic rings. The van der Waals surface area contributed by atoms with E-state index in [1.807, 2.05) is 86.6 Å². The van der Waals surface area contributed by atoms with Crippen LogP contribution in [0.4, 0.5) is 0 Å². The molecule has 0 saturated heterocycles. The molecule has 0 atom stereocenters. The Hall–Kier alpha value is -6.29. The third-order valence-corrected chi connectivity index (χ3v) is 9.93. The molecule has 0 bridgehead atoms. The van der Waals surface area contributed by atoms with Gasteiger partial charge < -0.3 is 33.8 Å². The highest BCUT2D eigenvalue weighted by Crippen LogP contribution is 2.29. The number of rotatable bonds is 12. The summed E-state index contributed by atoms with van der Waals surface area (Å²) in [5.41, 5.74) is 12.5. The molecule has 16 nitrogen and oxygen atoms in total. The van der Waals surface area contributed by atoms with E-state index >= 15 is 0 Å². The molecule has 0 radical (unpaired) electrons. The number of aliphatic hydroxyl groups is 1. The second-order valence-corrected chi connectivity index (χ2v) is 15.1.